The van der Waals surface area contributed by atoms with E-state index in [4.69, 9.17) is 0 Å². The van der Waals surface area contributed by atoms with Gasteiger partial charge in [-0.05, 0) is 53.8 Å². The van der Waals surface area contributed by atoms with Gasteiger partial charge in [0, 0.05) is 28.2 Å². The standard InChI is InChI=1S/C11H12IN3/c1-2-13-11-14-7-8-15(11)10-5-3-9(12)4-6-10/h3-8H,2H2,1H3,(H,13,14). The maximum Gasteiger partial charge on any atom is 0.207 e. The molecule has 0 fully saturated rings. The molecule has 0 amide bonds. The van der Waals surface area contributed by atoms with E-state index < -0.39 is 0 Å². The molecule has 0 aliphatic heterocycles. The van der Waals surface area contributed by atoms with Gasteiger partial charge in [0.05, 0.1) is 0 Å². The van der Waals surface area contributed by atoms with Crippen molar-refractivity contribution in [1.82, 2.24) is 9.55 Å². The fourth-order valence-electron chi connectivity index (χ4n) is 1.40. The van der Waals surface area contributed by atoms with E-state index in [9.17, 15) is 0 Å². The lowest BCUT2D eigenvalue weighted by Gasteiger charge is -2.08. The Balaban J connectivity index is 2.36. The minimum Gasteiger partial charge on any atom is -0.356 e. The summed E-state index contributed by atoms with van der Waals surface area (Å²) in [7, 11) is 0. The van der Waals surface area contributed by atoms with Crippen LogP contribution in [0.4, 0.5) is 5.95 Å². The van der Waals surface area contributed by atoms with Gasteiger partial charge in [0.2, 0.25) is 5.95 Å². The van der Waals surface area contributed by atoms with E-state index in [1.54, 1.807) is 6.20 Å². The van der Waals surface area contributed by atoms with Gasteiger partial charge in [-0.1, -0.05) is 0 Å². The predicted octanol–water partition coefficient (Wildman–Crippen LogP) is 2.91. The molecule has 3 nitrogen and oxygen atoms in total. The molecule has 1 heterocycles. The quantitative estimate of drug-likeness (QED) is 0.883. The predicted molar refractivity (Wildman–Crippen MR) is 70.4 cm³/mol. The van der Waals surface area contributed by atoms with Crippen molar-refractivity contribution in [2.75, 3.05) is 11.9 Å². The molecule has 0 spiro atoms. The van der Waals surface area contributed by atoms with Gasteiger partial charge in [-0.3, -0.25) is 4.57 Å². The number of anilines is 1. The van der Waals surface area contributed by atoms with Gasteiger partial charge in [0.1, 0.15) is 0 Å². The number of halogens is 1. The highest BCUT2D eigenvalue weighted by atomic mass is 127. The molecule has 0 saturated heterocycles. The molecule has 0 saturated carbocycles. The van der Waals surface area contributed by atoms with Gasteiger partial charge in [-0.2, -0.15) is 0 Å². The summed E-state index contributed by atoms with van der Waals surface area (Å²) >= 11 is 2.30. The highest BCUT2D eigenvalue weighted by Gasteiger charge is 2.02. The molecule has 2 rings (SSSR count). The van der Waals surface area contributed by atoms with E-state index >= 15 is 0 Å². The van der Waals surface area contributed by atoms with E-state index in [0.717, 1.165) is 18.2 Å². The first-order valence-electron chi connectivity index (χ1n) is 4.84. The van der Waals surface area contributed by atoms with Crippen molar-refractivity contribution < 1.29 is 0 Å². The number of benzene rings is 1. The molecule has 0 atom stereocenters. The molecule has 0 radical (unpaired) electrons. The molecule has 1 aromatic carbocycles. The lowest BCUT2D eigenvalue weighted by molar-refractivity contribution is 1.02. The van der Waals surface area contributed by atoms with Crippen LogP contribution >= 0.6 is 22.6 Å². The van der Waals surface area contributed by atoms with Crippen molar-refractivity contribution in [2.24, 2.45) is 0 Å². The zero-order valence-corrected chi connectivity index (χ0v) is 10.6. The SMILES string of the molecule is CCNc1nccn1-c1ccc(I)cc1. The van der Waals surface area contributed by atoms with Gasteiger partial charge < -0.3 is 5.32 Å². The third-order valence-electron chi connectivity index (χ3n) is 2.08. The fraction of sp³-hybridized carbons (Fsp3) is 0.182. The number of hydrogen-bond donors (Lipinski definition) is 1. The van der Waals surface area contributed by atoms with E-state index in [-0.39, 0.29) is 0 Å². The second-order valence-electron chi connectivity index (χ2n) is 3.13. The number of imidazole rings is 1. The molecule has 0 unspecified atom stereocenters. The highest BCUT2D eigenvalue weighted by molar-refractivity contribution is 14.1. The Labute approximate surface area is 103 Å². The minimum atomic E-state index is 0.876. The molecule has 15 heavy (non-hydrogen) atoms. The third kappa shape index (κ3) is 2.31. The van der Waals surface area contributed by atoms with Crippen LogP contribution in [0.1, 0.15) is 6.92 Å². The second kappa shape index (κ2) is 4.65. The molecular formula is C11H12IN3. The largest absolute Gasteiger partial charge is 0.356 e. The second-order valence-corrected chi connectivity index (χ2v) is 4.37. The van der Waals surface area contributed by atoms with Gasteiger partial charge in [0.25, 0.3) is 0 Å². The fourth-order valence-corrected chi connectivity index (χ4v) is 1.76. The lowest BCUT2D eigenvalue weighted by Crippen LogP contribution is -2.04. The number of aromatic nitrogens is 2. The molecule has 1 N–H and O–H groups in total. The van der Waals surface area contributed by atoms with Crippen LogP contribution < -0.4 is 5.32 Å². The Hall–Kier alpha value is -1.04. The Morgan fingerprint density at radius 3 is 2.73 bits per heavy atom. The van der Waals surface area contributed by atoms with Crippen LogP contribution in [0.2, 0.25) is 0 Å². The first-order valence-corrected chi connectivity index (χ1v) is 5.92. The van der Waals surface area contributed by atoms with E-state index in [1.807, 2.05) is 10.8 Å². The molecule has 1 aromatic heterocycles. The average molecular weight is 313 g/mol. The summed E-state index contributed by atoms with van der Waals surface area (Å²) in [6.45, 7) is 2.94. The zero-order valence-electron chi connectivity index (χ0n) is 8.44. The molecular weight excluding hydrogens is 301 g/mol. The summed E-state index contributed by atoms with van der Waals surface area (Å²) in [4.78, 5) is 4.25. The van der Waals surface area contributed by atoms with Crippen LogP contribution in [-0.4, -0.2) is 16.1 Å². The zero-order chi connectivity index (χ0) is 10.7. The van der Waals surface area contributed by atoms with Crippen molar-refractivity contribution in [2.45, 2.75) is 6.92 Å². The number of rotatable bonds is 3. The summed E-state index contributed by atoms with van der Waals surface area (Å²) < 4.78 is 3.28. The van der Waals surface area contributed by atoms with E-state index in [1.165, 1.54) is 3.57 Å². The highest BCUT2D eigenvalue weighted by Crippen LogP contribution is 2.15. The monoisotopic (exact) mass is 313 g/mol. The van der Waals surface area contributed by atoms with Crippen LogP contribution in [-0.2, 0) is 0 Å². The van der Waals surface area contributed by atoms with Crippen LogP contribution in [0, 0.1) is 3.57 Å². The van der Waals surface area contributed by atoms with Crippen molar-refractivity contribution >= 4 is 28.5 Å². The van der Waals surface area contributed by atoms with Crippen molar-refractivity contribution in [3.8, 4) is 5.69 Å². The van der Waals surface area contributed by atoms with Crippen LogP contribution in [0.15, 0.2) is 36.7 Å². The Morgan fingerprint density at radius 2 is 2.07 bits per heavy atom. The minimum absolute atomic E-state index is 0.876. The third-order valence-corrected chi connectivity index (χ3v) is 2.80. The lowest BCUT2D eigenvalue weighted by atomic mass is 10.3. The van der Waals surface area contributed by atoms with Crippen molar-refractivity contribution in [3.05, 3.63) is 40.2 Å². The van der Waals surface area contributed by atoms with Gasteiger partial charge in [-0.25, -0.2) is 4.98 Å². The molecule has 2 aromatic rings. The Morgan fingerprint density at radius 1 is 1.33 bits per heavy atom. The maximum atomic E-state index is 4.25. The summed E-state index contributed by atoms with van der Waals surface area (Å²) in [5.74, 6) is 0.888. The topological polar surface area (TPSA) is 29.9 Å². The maximum absolute atomic E-state index is 4.25. The Kier molecular flexibility index (Phi) is 3.25. The van der Waals surface area contributed by atoms with Crippen LogP contribution in [0.25, 0.3) is 5.69 Å². The average Bonchev–Trinajstić information content (AvgIpc) is 2.68. The number of nitrogens with zero attached hydrogens (tertiary/aromatic N) is 2. The number of nitrogens with one attached hydrogen (secondary N) is 1. The molecule has 0 aliphatic rings. The molecule has 0 bridgehead atoms. The smallest absolute Gasteiger partial charge is 0.207 e. The van der Waals surface area contributed by atoms with E-state index in [2.05, 4.69) is 64.1 Å². The normalized spacial score (nSPS) is 10.3. The van der Waals surface area contributed by atoms with Gasteiger partial charge >= 0.3 is 0 Å². The van der Waals surface area contributed by atoms with Crippen LogP contribution in [0.3, 0.4) is 0 Å². The number of hydrogen-bond acceptors (Lipinski definition) is 2. The summed E-state index contributed by atoms with van der Waals surface area (Å²) in [6.07, 6.45) is 3.76. The van der Waals surface area contributed by atoms with Crippen molar-refractivity contribution in [3.63, 3.8) is 0 Å². The first-order chi connectivity index (χ1) is 7.31. The molecule has 0 aliphatic carbocycles. The summed E-state index contributed by atoms with van der Waals surface area (Å²) in [5.41, 5.74) is 1.13. The Bertz CT molecular complexity index is 433. The first kappa shape index (κ1) is 10.5. The van der Waals surface area contributed by atoms with Gasteiger partial charge in [0.15, 0.2) is 0 Å². The van der Waals surface area contributed by atoms with Crippen molar-refractivity contribution in [1.29, 1.82) is 0 Å². The summed E-state index contributed by atoms with van der Waals surface area (Å²) in [6, 6.07) is 8.35. The van der Waals surface area contributed by atoms with Crippen LogP contribution in [0.5, 0.6) is 0 Å². The molecule has 78 valence electrons. The van der Waals surface area contributed by atoms with E-state index in [0.29, 0.717) is 0 Å². The summed E-state index contributed by atoms with van der Waals surface area (Å²) in [5, 5.41) is 3.22. The molecule has 4 heteroatoms. The van der Waals surface area contributed by atoms with Gasteiger partial charge in [-0.15, -0.1) is 0 Å².